The van der Waals surface area contributed by atoms with Crippen molar-refractivity contribution in [2.75, 3.05) is 0 Å². The van der Waals surface area contributed by atoms with E-state index in [0.717, 1.165) is 24.0 Å². The monoisotopic (exact) mass is 1040 g/mol. The summed E-state index contributed by atoms with van der Waals surface area (Å²) < 4.78 is 69.0. The van der Waals surface area contributed by atoms with Crippen LogP contribution in [0.5, 0.6) is 0 Å². The normalized spacial score (nSPS) is 18.2. The molecule has 2 fully saturated rings. The molecule has 4 aromatic heterocycles. The number of ether oxygens (including phenoxy) is 1. The number of aryl methyl sites for hydroxylation is 2. The van der Waals surface area contributed by atoms with Crippen LogP contribution >= 0.6 is 0 Å². The van der Waals surface area contributed by atoms with Crippen LogP contribution in [0.25, 0.3) is 22.9 Å². The number of rotatable bonds is 15. The Labute approximate surface area is 426 Å². The highest BCUT2D eigenvalue weighted by Gasteiger charge is 2.34. The van der Waals surface area contributed by atoms with E-state index in [9.17, 15) is 31.2 Å². The highest BCUT2D eigenvalue weighted by molar-refractivity contribution is 7.91. The van der Waals surface area contributed by atoms with E-state index in [1.165, 1.54) is 0 Å². The quantitative estimate of drug-likeness (QED) is 0.0762. The molecular weight excluding hydrogens is 973 g/mol. The lowest BCUT2D eigenvalue weighted by molar-refractivity contribution is 0.0493. The second-order valence-electron chi connectivity index (χ2n) is 19.6. The molecule has 8 rings (SSSR count). The molecule has 20 heteroatoms. The van der Waals surface area contributed by atoms with Crippen LogP contribution in [0.1, 0.15) is 127 Å². The average molecular weight is 1040 g/mol. The van der Waals surface area contributed by atoms with Gasteiger partial charge in [-0.2, -0.15) is 0 Å². The summed E-state index contributed by atoms with van der Waals surface area (Å²) in [5.74, 6) is 0.788. The molecule has 0 aliphatic heterocycles. The van der Waals surface area contributed by atoms with Crippen LogP contribution in [0.4, 0.5) is 4.79 Å². The standard InChI is InChI=1S/C29H36N4O6S.C24H28N4O4S/c1-19-25(18-40(36,37)24-13-11-23(12-14-24)32-28(35)39-29(2,3)4)33-27(38-19)22-9-7-21(8-10-22)26(34)31-17-20-6-5-15-30-16-20;1-16-22(15-33(30,31)21-10-8-20(25)9-11-21)28-24(32-16)19-6-4-18(5-7-19)23(29)27-14-17-3-2-12-26-13-17/h5-10,15-16,23-24H,11-14,17-18H2,1-4H3,(H,31,34)(H,32,35);2-7,12-13,20-21H,8-11,14-15,25H2,1H3,(H,27,29). The molecule has 2 aliphatic rings. The summed E-state index contributed by atoms with van der Waals surface area (Å²) in [5, 5.41) is 7.67. The molecule has 2 aliphatic carbocycles. The van der Waals surface area contributed by atoms with Crippen LogP contribution in [0.3, 0.4) is 0 Å². The maximum Gasteiger partial charge on any atom is 0.407 e. The Hall–Kier alpha value is -6.77. The van der Waals surface area contributed by atoms with Crippen molar-refractivity contribution in [1.82, 2.24) is 35.9 Å². The Kier molecular flexibility index (Phi) is 17.6. The molecular formula is C53H64N8O10S2. The summed E-state index contributed by atoms with van der Waals surface area (Å²) in [6.45, 7) is 9.57. The summed E-state index contributed by atoms with van der Waals surface area (Å²) in [5.41, 5.74) is 10.2. The first kappa shape index (κ1) is 54.0. The first-order valence-corrected chi connectivity index (χ1v) is 27.8. The Balaban J connectivity index is 0.000000218. The number of carbonyl (C=O) groups excluding carboxylic acids is 3. The predicted molar refractivity (Wildman–Crippen MR) is 275 cm³/mol. The summed E-state index contributed by atoms with van der Waals surface area (Å²) >= 11 is 0. The van der Waals surface area contributed by atoms with Gasteiger partial charge in [-0.3, -0.25) is 19.6 Å². The SMILES string of the molecule is Cc1oc(-c2ccc(C(=O)NCc3cccnc3)cc2)nc1CS(=O)(=O)C1CCC(N)CC1.Cc1oc(-c2ccc(C(=O)NCc3cccnc3)cc2)nc1CS(=O)(=O)C1CCC(NC(=O)OC(C)(C)C)CC1. The van der Waals surface area contributed by atoms with Crippen LogP contribution in [-0.4, -0.2) is 82.9 Å². The second kappa shape index (κ2) is 23.8. The molecule has 5 N–H and O–H groups in total. The van der Waals surface area contributed by atoms with Gasteiger partial charge in [-0.05, 0) is 158 Å². The zero-order valence-electron chi connectivity index (χ0n) is 41.8. The zero-order valence-corrected chi connectivity index (χ0v) is 43.4. The van der Waals surface area contributed by atoms with Crippen LogP contribution in [0.2, 0.25) is 0 Å². The third-order valence-corrected chi connectivity index (χ3v) is 17.1. The number of nitrogens with one attached hydrogen (secondary N) is 3. The first-order valence-electron chi connectivity index (χ1n) is 24.4. The third-order valence-electron chi connectivity index (χ3n) is 12.7. The van der Waals surface area contributed by atoms with E-state index in [1.54, 1.807) is 108 Å². The van der Waals surface area contributed by atoms with Crippen LogP contribution in [0.15, 0.2) is 106 Å². The molecule has 0 bridgehead atoms. The number of oxazole rings is 2. The van der Waals surface area contributed by atoms with Gasteiger partial charge in [0.2, 0.25) is 11.8 Å². The fourth-order valence-electron chi connectivity index (χ4n) is 8.58. The topological polar surface area (TPSA) is 269 Å². The van der Waals surface area contributed by atoms with Gasteiger partial charge in [-0.1, -0.05) is 12.1 Å². The van der Waals surface area contributed by atoms with E-state index in [0.29, 0.717) is 109 Å². The van der Waals surface area contributed by atoms with Crippen molar-refractivity contribution in [3.8, 4) is 22.9 Å². The van der Waals surface area contributed by atoms with E-state index in [4.69, 9.17) is 19.3 Å². The van der Waals surface area contributed by atoms with Crippen molar-refractivity contribution in [2.24, 2.45) is 5.73 Å². The minimum Gasteiger partial charge on any atom is -0.444 e. The molecule has 6 aromatic rings. The number of alkyl carbamates (subject to hydrolysis) is 1. The molecule has 388 valence electrons. The van der Waals surface area contributed by atoms with Crippen molar-refractivity contribution in [3.05, 3.63) is 143 Å². The van der Waals surface area contributed by atoms with Crippen LogP contribution < -0.4 is 21.7 Å². The van der Waals surface area contributed by atoms with Crippen LogP contribution in [0, 0.1) is 13.8 Å². The fourth-order valence-corrected chi connectivity index (χ4v) is 12.3. The van der Waals surface area contributed by atoms with E-state index in [1.807, 2.05) is 24.3 Å². The lowest BCUT2D eigenvalue weighted by Gasteiger charge is -2.29. The van der Waals surface area contributed by atoms with Crippen molar-refractivity contribution >= 4 is 37.6 Å². The largest absolute Gasteiger partial charge is 0.444 e. The second-order valence-corrected chi connectivity index (χ2v) is 24.1. The Bertz CT molecular complexity index is 3030. The molecule has 3 amide bonds. The van der Waals surface area contributed by atoms with Gasteiger partial charge < -0.3 is 35.3 Å². The molecule has 73 heavy (non-hydrogen) atoms. The molecule has 0 atom stereocenters. The fraction of sp³-hybridized carbons (Fsp3) is 0.415. The lowest BCUT2D eigenvalue weighted by atomic mass is 9.95. The Morgan fingerprint density at radius 3 is 1.42 bits per heavy atom. The molecule has 2 aromatic carbocycles. The van der Waals surface area contributed by atoms with Crippen molar-refractivity contribution in [2.45, 2.75) is 139 Å². The van der Waals surface area contributed by atoms with Gasteiger partial charge in [0.1, 0.15) is 17.1 Å². The number of hydrogen-bond acceptors (Lipinski definition) is 15. The molecule has 2 saturated carbocycles. The summed E-state index contributed by atoms with van der Waals surface area (Å²) in [6.07, 6.45) is 11.0. The van der Waals surface area contributed by atoms with Crippen molar-refractivity contribution in [1.29, 1.82) is 0 Å². The highest BCUT2D eigenvalue weighted by Crippen LogP contribution is 2.31. The minimum atomic E-state index is -3.48. The van der Waals surface area contributed by atoms with E-state index < -0.39 is 36.6 Å². The molecule has 0 saturated heterocycles. The number of benzene rings is 2. The minimum absolute atomic E-state index is 0.0947. The number of hydrogen-bond donors (Lipinski definition) is 4. The average Bonchev–Trinajstić information content (AvgIpc) is 3.92. The zero-order chi connectivity index (χ0) is 52.3. The van der Waals surface area contributed by atoms with E-state index >= 15 is 0 Å². The number of carbonyl (C=O) groups is 3. The number of sulfone groups is 2. The van der Waals surface area contributed by atoms with Gasteiger partial charge in [-0.25, -0.2) is 31.6 Å². The van der Waals surface area contributed by atoms with E-state index in [-0.39, 0.29) is 40.7 Å². The first-order chi connectivity index (χ1) is 34.7. The van der Waals surface area contributed by atoms with Gasteiger partial charge in [0.25, 0.3) is 11.8 Å². The summed E-state index contributed by atoms with van der Waals surface area (Å²) in [4.78, 5) is 53.9. The highest BCUT2D eigenvalue weighted by atomic mass is 32.2. The van der Waals surface area contributed by atoms with Gasteiger partial charge in [0, 0.05) is 72.2 Å². The van der Waals surface area contributed by atoms with E-state index in [2.05, 4.69) is 35.9 Å². The number of amides is 3. The third kappa shape index (κ3) is 15.4. The Morgan fingerprint density at radius 2 is 1.04 bits per heavy atom. The van der Waals surface area contributed by atoms with Gasteiger partial charge >= 0.3 is 6.09 Å². The maximum atomic E-state index is 13.2. The number of aromatic nitrogens is 4. The molecule has 0 radical (unpaired) electrons. The number of pyridine rings is 2. The smallest absolute Gasteiger partial charge is 0.407 e. The molecule has 18 nitrogen and oxygen atoms in total. The lowest BCUT2D eigenvalue weighted by Crippen LogP contribution is -2.42. The van der Waals surface area contributed by atoms with Crippen molar-refractivity contribution < 1.29 is 44.8 Å². The molecule has 4 heterocycles. The molecule has 0 unspecified atom stereocenters. The predicted octanol–water partition coefficient (Wildman–Crippen LogP) is 7.89. The van der Waals surface area contributed by atoms with Gasteiger partial charge in [-0.15, -0.1) is 0 Å². The number of nitrogens with two attached hydrogens (primary N) is 1. The van der Waals surface area contributed by atoms with Gasteiger partial charge in [0.05, 0.1) is 33.4 Å². The Morgan fingerprint density at radius 1 is 0.630 bits per heavy atom. The van der Waals surface area contributed by atoms with Crippen molar-refractivity contribution in [3.63, 3.8) is 0 Å². The maximum absolute atomic E-state index is 13.2. The van der Waals surface area contributed by atoms with Crippen LogP contribution in [-0.2, 0) is 49.0 Å². The molecule has 0 spiro atoms. The van der Waals surface area contributed by atoms with Gasteiger partial charge in [0.15, 0.2) is 19.7 Å². The number of nitrogens with zero attached hydrogens (tertiary/aromatic N) is 4. The summed E-state index contributed by atoms with van der Waals surface area (Å²) in [6, 6.07) is 21.0. The summed E-state index contributed by atoms with van der Waals surface area (Å²) in [7, 11) is -6.81.